The fourth-order valence-corrected chi connectivity index (χ4v) is 2.76. The van der Waals surface area contributed by atoms with E-state index in [9.17, 15) is 4.79 Å². The zero-order valence-corrected chi connectivity index (χ0v) is 12.0. The van der Waals surface area contributed by atoms with Gasteiger partial charge in [0, 0.05) is 12.7 Å². The van der Waals surface area contributed by atoms with E-state index in [1.54, 1.807) is 12.3 Å². The van der Waals surface area contributed by atoms with Crippen molar-refractivity contribution in [2.24, 2.45) is 0 Å². The first-order valence-corrected chi connectivity index (χ1v) is 7.40. The maximum Gasteiger partial charge on any atom is 0.269 e. The summed E-state index contributed by atoms with van der Waals surface area (Å²) in [5.41, 5.74) is 1.63. The highest BCUT2D eigenvalue weighted by Gasteiger charge is 2.21. The fourth-order valence-electron chi connectivity index (χ4n) is 2.76. The van der Waals surface area contributed by atoms with E-state index in [4.69, 9.17) is 0 Å². The van der Waals surface area contributed by atoms with Gasteiger partial charge in [0.1, 0.15) is 5.69 Å². The summed E-state index contributed by atoms with van der Waals surface area (Å²) in [5.74, 6) is -0.111. The van der Waals surface area contributed by atoms with Crippen molar-refractivity contribution >= 4 is 5.91 Å². The normalized spacial score (nSPS) is 16.8. The van der Waals surface area contributed by atoms with Crippen molar-refractivity contribution in [2.45, 2.75) is 18.9 Å². The Morgan fingerprint density at radius 1 is 1.24 bits per heavy atom. The molecule has 0 bridgehead atoms. The summed E-state index contributed by atoms with van der Waals surface area (Å²) < 4.78 is 0. The smallest absolute Gasteiger partial charge is 0.269 e. The number of aromatic amines is 1. The predicted molar refractivity (Wildman–Crippen MR) is 80.9 cm³/mol. The molecule has 1 amide bonds. The highest BCUT2D eigenvalue weighted by Crippen LogP contribution is 2.18. The van der Waals surface area contributed by atoms with Crippen molar-refractivity contribution in [2.75, 3.05) is 19.6 Å². The maximum absolute atomic E-state index is 12.3. The van der Waals surface area contributed by atoms with Crippen LogP contribution in [0.2, 0.25) is 0 Å². The quantitative estimate of drug-likeness (QED) is 0.882. The minimum absolute atomic E-state index is 0.0000926. The summed E-state index contributed by atoms with van der Waals surface area (Å²) in [5, 5.41) is 9.65. The third kappa shape index (κ3) is 3.49. The molecule has 21 heavy (non-hydrogen) atoms. The van der Waals surface area contributed by atoms with Crippen LogP contribution < -0.4 is 5.32 Å². The van der Waals surface area contributed by atoms with Gasteiger partial charge in [-0.3, -0.25) is 9.89 Å². The van der Waals surface area contributed by atoms with Crippen LogP contribution in [0.1, 0.15) is 34.9 Å². The van der Waals surface area contributed by atoms with E-state index in [1.807, 2.05) is 18.2 Å². The Hall–Kier alpha value is -2.14. The molecule has 2 aromatic rings. The summed E-state index contributed by atoms with van der Waals surface area (Å²) >= 11 is 0. The van der Waals surface area contributed by atoms with Gasteiger partial charge >= 0.3 is 0 Å². The van der Waals surface area contributed by atoms with Gasteiger partial charge in [0.25, 0.3) is 5.91 Å². The summed E-state index contributed by atoms with van der Waals surface area (Å²) in [4.78, 5) is 14.7. The number of hydrogen-bond acceptors (Lipinski definition) is 3. The molecule has 0 radical (unpaired) electrons. The molecular formula is C16H20N4O. The largest absolute Gasteiger partial charge is 0.343 e. The zero-order chi connectivity index (χ0) is 14.5. The van der Waals surface area contributed by atoms with Crippen LogP contribution in [0.25, 0.3) is 0 Å². The molecule has 5 nitrogen and oxygen atoms in total. The van der Waals surface area contributed by atoms with E-state index >= 15 is 0 Å². The number of nitrogens with zero attached hydrogens (tertiary/aromatic N) is 2. The van der Waals surface area contributed by atoms with Crippen LogP contribution in [0, 0.1) is 0 Å². The molecule has 1 aliphatic heterocycles. The van der Waals surface area contributed by atoms with Crippen molar-refractivity contribution in [3.05, 3.63) is 53.9 Å². The number of aromatic nitrogens is 2. The second-order valence-corrected chi connectivity index (χ2v) is 5.41. The van der Waals surface area contributed by atoms with Gasteiger partial charge in [-0.15, -0.1) is 0 Å². The lowest BCUT2D eigenvalue weighted by Gasteiger charge is -2.24. The molecule has 1 aliphatic rings. The van der Waals surface area contributed by atoms with Gasteiger partial charge in [-0.05, 0) is 37.6 Å². The molecule has 0 unspecified atom stereocenters. The van der Waals surface area contributed by atoms with Crippen molar-refractivity contribution in [3.8, 4) is 0 Å². The van der Waals surface area contributed by atoms with Gasteiger partial charge in [-0.1, -0.05) is 30.3 Å². The predicted octanol–water partition coefficient (Wildman–Crippen LogP) is 1.98. The zero-order valence-electron chi connectivity index (χ0n) is 12.0. The number of amides is 1. The second kappa shape index (κ2) is 6.54. The highest BCUT2D eigenvalue weighted by molar-refractivity contribution is 5.92. The summed E-state index contributed by atoms with van der Waals surface area (Å²) in [6.07, 6.45) is 4.08. The number of H-pyrrole nitrogens is 1. The molecule has 1 aromatic carbocycles. The first-order valence-electron chi connectivity index (χ1n) is 7.40. The molecule has 2 heterocycles. The monoisotopic (exact) mass is 284 g/mol. The van der Waals surface area contributed by atoms with E-state index < -0.39 is 0 Å². The average molecular weight is 284 g/mol. The van der Waals surface area contributed by atoms with Crippen LogP contribution in [-0.2, 0) is 0 Å². The Morgan fingerprint density at radius 3 is 2.67 bits per heavy atom. The van der Waals surface area contributed by atoms with E-state index in [0.29, 0.717) is 5.69 Å². The molecule has 2 N–H and O–H groups in total. The first-order chi connectivity index (χ1) is 10.3. The van der Waals surface area contributed by atoms with E-state index in [1.165, 1.54) is 12.8 Å². The van der Waals surface area contributed by atoms with Gasteiger partial charge in [-0.2, -0.15) is 5.10 Å². The van der Waals surface area contributed by atoms with Gasteiger partial charge in [-0.25, -0.2) is 0 Å². The lowest BCUT2D eigenvalue weighted by molar-refractivity contribution is 0.0922. The van der Waals surface area contributed by atoms with Gasteiger partial charge in [0.15, 0.2) is 0 Å². The van der Waals surface area contributed by atoms with E-state index in [2.05, 4.69) is 32.5 Å². The number of nitrogens with one attached hydrogen (secondary N) is 2. The van der Waals surface area contributed by atoms with Crippen LogP contribution in [0.5, 0.6) is 0 Å². The Labute approximate surface area is 124 Å². The van der Waals surface area contributed by atoms with E-state index in [0.717, 1.165) is 25.2 Å². The molecule has 110 valence electrons. The number of hydrogen-bond donors (Lipinski definition) is 2. The van der Waals surface area contributed by atoms with Crippen LogP contribution in [0.4, 0.5) is 0 Å². The Morgan fingerprint density at radius 2 is 2.00 bits per heavy atom. The highest BCUT2D eigenvalue weighted by atomic mass is 16.2. The molecule has 0 spiro atoms. The van der Waals surface area contributed by atoms with Crippen LogP contribution >= 0.6 is 0 Å². The van der Waals surface area contributed by atoms with Crippen LogP contribution in [0.15, 0.2) is 42.6 Å². The lowest BCUT2D eigenvalue weighted by Crippen LogP contribution is -2.37. The number of rotatable bonds is 5. The Balaban J connectivity index is 1.73. The van der Waals surface area contributed by atoms with Gasteiger partial charge in [0.05, 0.1) is 6.04 Å². The minimum atomic E-state index is -0.111. The van der Waals surface area contributed by atoms with Gasteiger partial charge < -0.3 is 10.2 Å². The molecule has 3 rings (SSSR count). The van der Waals surface area contributed by atoms with Crippen molar-refractivity contribution in [3.63, 3.8) is 0 Å². The molecule has 1 saturated heterocycles. The molecule has 0 aliphatic carbocycles. The maximum atomic E-state index is 12.3. The topological polar surface area (TPSA) is 61.0 Å². The molecule has 1 atom stereocenters. The molecule has 1 fully saturated rings. The number of likely N-dealkylation sites (tertiary alicyclic amines) is 1. The number of carbonyl (C=O) groups excluding carboxylic acids is 1. The van der Waals surface area contributed by atoms with Crippen molar-refractivity contribution < 1.29 is 4.79 Å². The average Bonchev–Trinajstić information content (AvgIpc) is 3.21. The van der Waals surface area contributed by atoms with Crippen LogP contribution in [0.3, 0.4) is 0 Å². The third-order valence-corrected chi connectivity index (χ3v) is 3.89. The SMILES string of the molecule is O=C(N[C@H](CN1CCCC1)c1ccccc1)c1ccn[nH]1. The van der Waals surface area contributed by atoms with Crippen molar-refractivity contribution in [1.82, 2.24) is 20.4 Å². The summed E-state index contributed by atoms with van der Waals surface area (Å²) in [6.45, 7) is 3.08. The molecule has 1 aromatic heterocycles. The lowest BCUT2D eigenvalue weighted by atomic mass is 10.1. The summed E-state index contributed by atoms with van der Waals surface area (Å²) in [7, 11) is 0. The standard InChI is InChI=1S/C16H20N4O/c21-16(14-8-9-17-19-14)18-15(12-20-10-4-5-11-20)13-6-2-1-3-7-13/h1-3,6-9,15H,4-5,10-12H2,(H,17,19)(H,18,21)/t15-/m1/s1. The summed E-state index contributed by atoms with van der Waals surface area (Å²) in [6, 6.07) is 11.8. The molecule has 5 heteroatoms. The molecule has 0 saturated carbocycles. The van der Waals surface area contributed by atoms with Gasteiger partial charge in [0.2, 0.25) is 0 Å². The Bertz CT molecular complexity index is 561. The Kier molecular flexibility index (Phi) is 4.31. The third-order valence-electron chi connectivity index (χ3n) is 3.89. The fraction of sp³-hybridized carbons (Fsp3) is 0.375. The van der Waals surface area contributed by atoms with Crippen LogP contribution in [-0.4, -0.2) is 40.6 Å². The second-order valence-electron chi connectivity index (χ2n) is 5.41. The molecular weight excluding hydrogens is 264 g/mol. The number of carbonyl (C=O) groups is 1. The number of benzene rings is 1. The minimum Gasteiger partial charge on any atom is -0.343 e. The van der Waals surface area contributed by atoms with E-state index in [-0.39, 0.29) is 11.9 Å². The van der Waals surface area contributed by atoms with Crippen molar-refractivity contribution in [1.29, 1.82) is 0 Å². The first kappa shape index (κ1) is 13.8.